The molecule has 1 aliphatic carbocycles. The van der Waals surface area contributed by atoms with Crippen LogP contribution in [0, 0.1) is 12.8 Å². The maximum Gasteiger partial charge on any atom is 0.410 e. The average Bonchev–Trinajstić information content (AvgIpc) is 3.94. The zero-order valence-electron chi connectivity index (χ0n) is 33.3. The first-order valence-corrected chi connectivity index (χ1v) is 20.4. The van der Waals surface area contributed by atoms with Crippen molar-refractivity contribution in [2.24, 2.45) is 5.92 Å². The number of nitrogens with one attached hydrogen (secondary N) is 1. The number of amides is 4. The Morgan fingerprint density at radius 2 is 1.48 bits per heavy atom. The summed E-state index contributed by atoms with van der Waals surface area (Å²) in [6.07, 6.45) is 5.28. The van der Waals surface area contributed by atoms with Gasteiger partial charge in [0.25, 0.3) is 5.91 Å². The summed E-state index contributed by atoms with van der Waals surface area (Å²) in [5.41, 5.74) is 5.36. The SMILES string of the molecule is Cc1cc(OCCCC2CCN(C(=O)OC(C)(C)C)CC2)ccc1C(=O)NC1CC(C(=O)N2CCCC2)N(C(=O)OCC2c3ccccc3-c3ccccc32)C1. The summed E-state index contributed by atoms with van der Waals surface area (Å²) >= 11 is 0. The highest BCUT2D eigenvalue weighted by Crippen LogP contribution is 2.44. The van der Waals surface area contributed by atoms with Gasteiger partial charge < -0.3 is 29.3 Å². The monoisotopic (exact) mass is 764 g/mol. The Morgan fingerprint density at radius 3 is 2.12 bits per heavy atom. The molecular formula is C45H56N4O7. The second-order valence-electron chi connectivity index (χ2n) is 16.8. The van der Waals surface area contributed by atoms with E-state index in [1.807, 2.05) is 69.0 Å². The standard InChI is InChI=1S/C45H56N4O7/c1-30-26-33(54-25-11-12-31-19-23-48(24-20-31)43(52)56-45(2,3)4)17-18-34(30)41(50)46-32-27-40(42(51)47-21-9-10-22-47)49(28-32)44(53)55-29-39-37-15-7-5-13-35(37)36-14-6-8-16-38(36)39/h5-8,13-18,26,31-32,39-40H,9-12,19-25,27-29H2,1-4H3,(H,46,50). The minimum absolute atomic E-state index is 0.0864. The van der Waals surface area contributed by atoms with Gasteiger partial charge in [0, 0.05) is 50.2 Å². The Bertz CT molecular complexity index is 1860. The van der Waals surface area contributed by atoms with E-state index in [1.54, 1.807) is 11.0 Å². The van der Waals surface area contributed by atoms with Gasteiger partial charge in [0.1, 0.15) is 24.0 Å². The van der Waals surface area contributed by atoms with E-state index < -0.39 is 23.8 Å². The molecule has 3 fully saturated rings. The van der Waals surface area contributed by atoms with Gasteiger partial charge >= 0.3 is 12.2 Å². The van der Waals surface area contributed by atoms with Crippen molar-refractivity contribution in [3.63, 3.8) is 0 Å². The molecule has 0 aromatic heterocycles. The third-order valence-electron chi connectivity index (χ3n) is 11.6. The summed E-state index contributed by atoms with van der Waals surface area (Å²) in [5.74, 6) is 0.821. The molecule has 2 unspecified atom stereocenters. The first-order chi connectivity index (χ1) is 26.9. The Balaban J connectivity index is 0.914. The smallest absolute Gasteiger partial charge is 0.410 e. The lowest BCUT2D eigenvalue weighted by atomic mass is 9.92. The summed E-state index contributed by atoms with van der Waals surface area (Å²) in [4.78, 5) is 58.7. The summed E-state index contributed by atoms with van der Waals surface area (Å²) in [6, 6.07) is 20.8. The lowest BCUT2D eigenvalue weighted by Crippen LogP contribution is -2.47. The van der Waals surface area contributed by atoms with Gasteiger partial charge in [-0.15, -0.1) is 0 Å². The molecule has 1 N–H and O–H groups in total. The van der Waals surface area contributed by atoms with Gasteiger partial charge in [-0.2, -0.15) is 0 Å². The summed E-state index contributed by atoms with van der Waals surface area (Å²) in [7, 11) is 0. The van der Waals surface area contributed by atoms with Crippen molar-refractivity contribution in [3.8, 4) is 16.9 Å². The van der Waals surface area contributed by atoms with E-state index in [1.165, 1.54) is 4.90 Å². The van der Waals surface area contributed by atoms with Crippen LogP contribution >= 0.6 is 0 Å². The van der Waals surface area contributed by atoms with Gasteiger partial charge in [0.05, 0.1) is 6.61 Å². The Labute approximate surface area is 330 Å². The minimum Gasteiger partial charge on any atom is -0.494 e. The number of hydrogen-bond donors (Lipinski definition) is 1. The first-order valence-electron chi connectivity index (χ1n) is 20.4. The van der Waals surface area contributed by atoms with E-state index in [0.29, 0.717) is 56.4 Å². The number of hydrogen-bond acceptors (Lipinski definition) is 7. The van der Waals surface area contributed by atoms with Crippen LogP contribution in [0.3, 0.4) is 0 Å². The fourth-order valence-corrected chi connectivity index (χ4v) is 8.74. The molecule has 4 aliphatic rings. The number of likely N-dealkylation sites (tertiary alicyclic amines) is 3. The molecular weight excluding hydrogens is 709 g/mol. The normalized spacial score (nSPS) is 19.8. The van der Waals surface area contributed by atoms with Crippen LogP contribution in [0.2, 0.25) is 0 Å². The molecule has 4 amide bonds. The fourth-order valence-electron chi connectivity index (χ4n) is 8.74. The van der Waals surface area contributed by atoms with Crippen LogP contribution < -0.4 is 10.1 Å². The number of nitrogens with zero attached hydrogens (tertiary/aromatic N) is 3. The van der Waals surface area contributed by atoms with Crippen molar-refractivity contribution in [3.05, 3.63) is 89.0 Å². The number of piperidine rings is 1. The van der Waals surface area contributed by atoms with Crippen LogP contribution in [0.1, 0.15) is 98.7 Å². The molecule has 7 rings (SSSR count). The Kier molecular flexibility index (Phi) is 11.9. The van der Waals surface area contributed by atoms with Crippen molar-refractivity contribution in [1.82, 2.24) is 20.0 Å². The van der Waals surface area contributed by atoms with E-state index >= 15 is 0 Å². The highest BCUT2D eigenvalue weighted by Gasteiger charge is 2.44. The number of carbonyl (C=O) groups is 4. The topological polar surface area (TPSA) is 118 Å². The zero-order chi connectivity index (χ0) is 39.4. The van der Waals surface area contributed by atoms with Crippen molar-refractivity contribution in [1.29, 1.82) is 0 Å². The van der Waals surface area contributed by atoms with E-state index in [2.05, 4.69) is 29.6 Å². The van der Waals surface area contributed by atoms with Crippen LogP contribution in [-0.4, -0.2) is 102 Å². The van der Waals surface area contributed by atoms with E-state index in [0.717, 1.165) is 66.3 Å². The van der Waals surface area contributed by atoms with E-state index in [9.17, 15) is 19.2 Å². The molecule has 11 nitrogen and oxygen atoms in total. The van der Waals surface area contributed by atoms with E-state index in [-0.39, 0.29) is 37.0 Å². The third-order valence-corrected chi connectivity index (χ3v) is 11.6. The number of benzene rings is 3. The van der Waals surface area contributed by atoms with Gasteiger partial charge in [-0.1, -0.05) is 48.5 Å². The van der Waals surface area contributed by atoms with Crippen molar-refractivity contribution >= 4 is 24.0 Å². The third kappa shape index (κ3) is 8.98. The van der Waals surface area contributed by atoms with Crippen LogP contribution in [0.15, 0.2) is 66.7 Å². The van der Waals surface area contributed by atoms with Gasteiger partial charge in [0.2, 0.25) is 5.91 Å². The number of fused-ring (bicyclic) bond motifs is 3. The Morgan fingerprint density at radius 1 is 0.821 bits per heavy atom. The minimum atomic E-state index is -0.705. The fraction of sp³-hybridized carbons (Fsp3) is 0.511. The predicted molar refractivity (Wildman–Crippen MR) is 214 cm³/mol. The molecule has 3 aliphatic heterocycles. The molecule has 0 spiro atoms. The highest BCUT2D eigenvalue weighted by atomic mass is 16.6. The van der Waals surface area contributed by atoms with Crippen molar-refractivity contribution < 1.29 is 33.4 Å². The molecule has 3 heterocycles. The van der Waals surface area contributed by atoms with Crippen LogP contribution in [0.4, 0.5) is 9.59 Å². The van der Waals surface area contributed by atoms with Crippen molar-refractivity contribution in [2.75, 3.05) is 45.9 Å². The van der Waals surface area contributed by atoms with Gasteiger partial charge in [-0.05, 0) is 125 Å². The largest absolute Gasteiger partial charge is 0.494 e. The quantitative estimate of drug-likeness (QED) is 0.212. The van der Waals surface area contributed by atoms with Gasteiger partial charge in [-0.3, -0.25) is 14.5 Å². The first kappa shape index (κ1) is 39.2. The van der Waals surface area contributed by atoms with Crippen molar-refractivity contribution in [2.45, 2.75) is 96.2 Å². The molecule has 0 radical (unpaired) electrons. The number of ether oxygens (including phenoxy) is 3. The number of aryl methyl sites for hydroxylation is 1. The Hall–Kier alpha value is -5.06. The molecule has 0 bridgehead atoms. The highest BCUT2D eigenvalue weighted by molar-refractivity contribution is 5.96. The summed E-state index contributed by atoms with van der Waals surface area (Å²) in [5, 5.41) is 3.12. The molecule has 3 aromatic rings. The molecule has 298 valence electrons. The van der Waals surface area contributed by atoms with Crippen LogP contribution in [-0.2, 0) is 14.3 Å². The maximum atomic E-state index is 13.8. The van der Waals surface area contributed by atoms with Crippen LogP contribution in [0.5, 0.6) is 5.75 Å². The number of rotatable bonds is 10. The number of carbonyl (C=O) groups excluding carboxylic acids is 4. The predicted octanol–water partition coefficient (Wildman–Crippen LogP) is 7.55. The molecule has 0 saturated carbocycles. The molecule has 3 aromatic carbocycles. The average molecular weight is 765 g/mol. The summed E-state index contributed by atoms with van der Waals surface area (Å²) < 4.78 is 17.6. The van der Waals surface area contributed by atoms with Gasteiger partial charge in [-0.25, -0.2) is 9.59 Å². The lowest BCUT2D eigenvalue weighted by molar-refractivity contribution is -0.134. The zero-order valence-corrected chi connectivity index (χ0v) is 33.3. The van der Waals surface area contributed by atoms with E-state index in [4.69, 9.17) is 14.2 Å². The van der Waals surface area contributed by atoms with Gasteiger partial charge in [0.15, 0.2) is 0 Å². The second-order valence-corrected chi connectivity index (χ2v) is 16.8. The van der Waals surface area contributed by atoms with Crippen LogP contribution in [0.25, 0.3) is 11.1 Å². The molecule has 56 heavy (non-hydrogen) atoms. The molecule has 11 heteroatoms. The summed E-state index contributed by atoms with van der Waals surface area (Å²) in [6.45, 7) is 11.2. The maximum absolute atomic E-state index is 13.8. The molecule has 3 saturated heterocycles. The molecule has 2 atom stereocenters. The lowest BCUT2D eigenvalue weighted by Gasteiger charge is -2.33. The second kappa shape index (κ2) is 17.0.